The first-order valence-electron chi connectivity index (χ1n) is 6.03. The standard InChI is InChI=1S/C13H16N4O2/c1-2-6-19-10-5-3-4-9(7-10)13(18)16-12-11(14)8-15-17-12/h3-5,7-8H,2,6,14H2,1H3,(H2,15,16,17,18). The van der Waals surface area contributed by atoms with E-state index in [2.05, 4.69) is 15.5 Å². The van der Waals surface area contributed by atoms with Gasteiger partial charge < -0.3 is 15.8 Å². The number of H-pyrrole nitrogens is 1. The fourth-order valence-electron chi connectivity index (χ4n) is 1.53. The summed E-state index contributed by atoms with van der Waals surface area (Å²) in [5.41, 5.74) is 6.53. The molecule has 0 aliphatic rings. The van der Waals surface area contributed by atoms with E-state index >= 15 is 0 Å². The lowest BCUT2D eigenvalue weighted by atomic mass is 10.2. The van der Waals surface area contributed by atoms with Crippen LogP contribution in [0.2, 0.25) is 0 Å². The minimum atomic E-state index is -0.266. The Morgan fingerprint density at radius 2 is 2.37 bits per heavy atom. The molecule has 6 nitrogen and oxygen atoms in total. The zero-order valence-electron chi connectivity index (χ0n) is 10.6. The minimum Gasteiger partial charge on any atom is -0.494 e. The number of nitrogens with zero attached hydrogens (tertiary/aromatic N) is 1. The second-order valence-corrected chi connectivity index (χ2v) is 4.03. The van der Waals surface area contributed by atoms with Gasteiger partial charge in [-0.05, 0) is 24.6 Å². The summed E-state index contributed by atoms with van der Waals surface area (Å²) < 4.78 is 5.48. The predicted molar refractivity (Wildman–Crippen MR) is 73.2 cm³/mol. The number of carbonyl (C=O) groups excluding carboxylic acids is 1. The molecule has 0 fully saturated rings. The Bertz CT molecular complexity index is 565. The van der Waals surface area contributed by atoms with Crippen molar-refractivity contribution < 1.29 is 9.53 Å². The fourth-order valence-corrected chi connectivity index (χ4v) is 1.53. The molecule has 6 heteroatoms. The Labute approximate surface area is 111 Å². The zero-order chi connectivity index (χ0) is 13.7. The SMILES string of the molecule is CCCOc1cccc(C(=O)Nc2[nH]ncc2N)c1. The second-order valence-electron chi connectivity index (χ2n) is 4.03. The van der Waals surface area contributed by atoms with Crippen LogP contribution >= 0.6 is 0 Å². The Morgan fingerprint density at radius 3 is 3.05 bits per heavy atom. The molecule has 0 saturated heterocycles. The van der Waals surface area contributed by atoms with Crippen LogP contribution in [0.4, 0.5) is 11.5 Å². The topological polar surface area (TPSA) is 93.0 Å². The van der Waals surface area contributed by atoms with Crippen molar-refractivity contribution >= 4 is 17.4 Å². The highest BCUT2D eigenvalue weighted by molar-refractivity contribution is 6.05. The van der Waals surface area contributed by atoms with E-state index in [1.807, 2.05) is 13.0 Å². The van der Waals surface area contributed by atoms with Crippen LogP contribution in [0, 0.1) is 0 Å². The summed E-state index contributed by atoms with van der Waals surface area (Å²) in [4.78, 5) is 12.0. The molecule has 2 rings (SSSR count). The number of carbonyl (C=O) groups is 1. The van der Waals surface area contributed by atoms with E-state index in [0.717, 1.165) is 6.42 Å². The molecule has 1 aromatic heterocycles. The monoisotopic (exact) mass is 260 g/mol. The normalized spacial score (nSPS) is 10.2. The molecule has 1 aromatic carbocycles. The van der Waals surface area contributed by atoms with E-state index in [1.54, 1.807) is 18.2 Å². The van der Waals surface area contributed by atoms with E-state index in [4.69, 9.17) is 10.5 Å². The lowest BCUT2D eigenvalue weighted by Gasteiger charge is -2.07. The van der Waals surface area contributed by atoms with Gasteiger partial charge in [-0.25, -0.2) is 0 Å². The summed E-state index contributed by atoms with van der Waals surface area (Å²) >= 11 is 0. The summed E-state index contributed by atoms with van der Waals surface area (Å²) in [6.07, 6.45) is 2.36. The van der Waals surface area contributed by atoms with Crippen LogP contribution in [0.15, 0.2) is 30.5 Å². The van der Waals surface area contributed by atoms with Gasteiger partial charge in [0, 0.05) is 5.56 Å². The number of anilines is 2. The van der Waals surface area contributed by atoms with Gasteiger partial charge in [-0.3, -0.25) is 9.89 Å². The third-order valence-electron chi connectivity index (χ3n) is 2.48. The summed E-state index contributed by atoms with van der Waals surface area (Å²) in [5, 5.41) is 9.01. The van der Waals surface area contributed by atoms with Crippen molar-refractivity contribution in [2.45, 2.75) is 13.3 Å². The highest BCUT2D eigenvalue weighted by Crippen LogP contribution is 2.17. The Kier molecular flexibility index (Phi) is 4.02. The molecule has 100 valence electrons. The van der Waals surface area contributed by atoms with Crippen molar-refractivity contribution in [1.29, 1.82) is 0 Å². The van der Waals surface area contributed by atoms with E-state index in [1.165, 1.54) is 6.20 Å². The third-order valence-corrected chi connectivity index (χ3v) is 2.48. The van der Waals surface area contributed by atoms with Crippen molar-refractivity contribution in [2.75, 3.05) is 17.7 Å². The van der Waals surface area contributed by atoms with Gasteiger partial charge in [-0.1, -0.05) is 13.0 Å². The van der Waals surface area contributed by atoms with Crippen molar-refractivity contribution in [2.24, 2.45) is 0 Å². The minimum absolute atomic E-state index is 0.266. The maximum atomic E-state index is 12.0. The van der Waals surface area contributed by atoms with Crippen LogP contribution in [-0.4, -0.2) is 22.7 Å². The Balaban J connectivity index is 2.08. The highest BCUT2D eigenvalue weighted by atomic mass is 16.5. The van der Waals surface area contributed by atoms with E-state index in [0.29, 0.717) is 29.4 Å². The molecule has 0 bridgehead atoms. The number of benzene rings is 1. The number of nitrogens with two attached hydrogens (primary N) is 1. The number of amides is 1. The van der Waals surface area contributed by atoms with Gasteiger partial charge in [0.05, 0.1) is 18.5 Å². The van der Waals surface area contributed by atoms with Crippen LogP contribution in [0.25, 0.3) is 0 Å². The molecule has 0 aliphatic heterocycles. The molecule has 2 aromatic rings. The Hall–Kier alpha value is -2.50. The molecule has 1 amide bonds. The Morgan fingerprint density at radius 1 is 1.53 bits per heavy atom. The van der Waals surface area contributed by atoms with Crippen molar-refractivity contribution in [3.05, 3.63) is 36.0 Å². The first-order chi connectivity index (χ1) is 9.20. The van der Waals surface area contributed by atoms with Gasteiger partial charge in [0.2, 0.25) is 0 Å². The predicted octanol–water partition coefficient (Wildman–Crippen LogP) is 2.03. The number of nitrogens with one attached hydrogen (secondary N) is 2. The quantitative estimate of drug-likeness (QED) is 0.766. The number of hydrogen-bond donors (Lipinski definition) is 3. The van der Waals surface area contributed by atoms with Crippen molar-refractivity contribution in [3.8, 4) is 5.75 Å². The van der Waals surface area contributed by atoms with Gasteiger partial charge in [-0.2, -0.15) is 5.10 Å². The zero-order valence-corrected chi connectivity index (χ0v) is 10.6. The summed E-state index contributed by atoms with van der Waals surface area (Å²) in [6, 6.07) is 6.99. The molecule has 0 unspecified atom stereocenters. The second kappa shape index (κ2) is 5.90. The molecule has 0 saturated carbocycles. The van der Waals surface area contributed by atoms with Crippen molar-refractivity contribution in [1.82, 2.24) is 10.2 Å². The van der Waals surface area contributed by atoms with Gasteiger partial charge in [0.15, 0.2) is 5.82 Å². The summed E-state index contributed by atoms with van der Waals surface area (Å²) in [6.45, 7) is 2.65. The van der Waals surface area contributed by atoms with Crippen LogP contribution in [0.1, 0.15) is 23.7 Å². The number of hydrogen-bond acceptors (Lipinski definition) is 4. The average molecular weight is 260 g/mol. The van der Waals surface area contributed by atoms with Gasteiger partial charge >= 0.3 is 0 Å². The maximum absolute atomic E-state index is 12.0. The number of rotatable bonds is 5. The van der Waals surface area contributed by atoms with Gasteiger partial charge in [0.1, 0.15) is 5.75 Å². The molecule has 0 atom stereocenters. The molecule has 0 radical (unpaired) electrons. The van der Waals surface area contributed by atoms with E-state index < -0.39 is 0 Å². The number of nitrogen functional groups attached to an aromatic ring is 1. The number of aromatic amines is 1. The fraction of sp³-hybridized carbons (Fsp3) is 0.231. The molecule has 1 heterocycles. The summed E-state index contributed by atoms with van der Waals surface area (Å²) in [7, 11) is 0. The first-order valence-corrected chi connectivity index (χ1v) is 6.03. The smallest absolute Gasteiger partial charge is 0.256 e. The van der Waals surface area contributed by atoms with Crippen LogP contribution in [-0.2, 0) is 0 Å². The molecule has 19 heavy (non-hydrogen) atoms. The first kappa shape index (κ1) is 12.9. The summed E-state index contributed by atoms with van der Waals surface area (Å²) in [5.74, 6) is 0.801. The van der Waals surface area contributed by atoms with Crippen molar-refractivity contribution in [3.63, 3.8) is 0 Å². The highest BCUT2D eigenvalue weighted by Gasteiger charge is 2.10. The van der Waals surface area contributed by atoms with Crippen LogP contribution in [0.5, 0.6) is 5.75 Å². The maximum Gasteiger partial charge on any atom is 0.256 e. The largest absolute Gasteiger partial charge is 0.494 e. The number of aromatic nitrogens is 2. The molecule has 4 N–H and O–H groups in total. The molecule has 0 aliphatic carbocycles. The number of ether oxygens (including phenoxy) is 1. The average Bonchev–Trinajstić information content (AvgIpc) is 2.82. The lowest BCUT2D eigenvalue weighted by molar-refractivity contribution is 0.102. The molecular formula is C13H16N4O2. The van der Waals surface area contributed by atoms with Crippen LogP contribution < -0.4 is 15.8 Å². The van der Waals surface area contributed by atoms with E-state index in [-0.39, 0.29) is 5.91 Å². The molecule has 0 spiro atoms. The van der Waals surface area contributed by atoms with Gasteiger partial charge in [-0.15, -0.1) is 0 Å². The van der Waals surface area contributed by atoms with Gasteiger partial charge in [0.25, 0.3) is 5.91 Å². The van der Waals surface area contributed by atoms with E-state index in [9.17, 15) is 4.79 Å². The van der Waals surface area contributed by atoms with Crippen LogP contribution in [0.3, 0.4) is 0 Å². The lowest BCUT2D eigenvalue weighted by Crippen LogP contribution is -2.13. The third kappa shape index (κ3) is 3.25. The molecular weight excluding hydrogens is 244 g/mol.